The molecule has 110 valence electrons. The monoisotopic (exact) mass is 348 g/mol. The van der Waals surface area contributed by atoms with E-state index >= 15 is 0 Å². The van der Waals surface area contributed by atoms with Gasteiger partial charge >= 0.3 is 5.97 Å². The van der Waals surface area contributed by atoms with Crippen LogP contribution in [0.25, 0.3) is 11.4 Å². The maximum absolute atomic E-state index is 11.9. The van der Waals surface area contributed by atoms with Crippen LogP contribution in [0.1, 0.15) is 36.3 Å². The number of hydrogen-bond donors (Lipinski definition) is 0. The number of ether oxygens (including phenoxy) is 1. The number of esters is 1. The predicted molar refractivity (Wildman–Crippen MR) is 85.1 cm³/mol. The Labute approximate surface area is 132 Å². The van der Waals surface area contributed by atoms with Gasteiger partial charge in [0.05, 0.1) is 17.9 Å². The minimum absolute atomic E-state index is 0.346. The van der Waals surface area contributed by atoms with Gasteiger partial charge in [-0.15, -0.1) is 0 Å². The number of aryl methyl sites for hydroxylation is 1. The Balaban J connectivity index is 2.39. The lowest BCUT2D eigenvalue weighted by Gasteiger charge is -2.09. The number of carbonyl (C=O) groups excluding carboxylic acids is 1. The maximum Gasteiger partial charge on any atom is 0.341 e. The van der Waals surface area contributed by atoms with Crippen LogP contribution in [0.4, 0.5) is 0 Å². The number of hydrogen-bond acceptors (Lipinski definition) is 4. The van der Waals surface area contributed by atoms with Gasteiger partial charge in [0.15, 0.2) is 5.82 Å². The van der Waals surface area contributed by atoms with Crippen LogP contribution in [0.5, 0.6) is 0 Å². The molecule has 0 fully saturated rings. The van der Waals surface area contributed by atoms with Crippen molar-refractivity contribution in [1.29, 1.82) is 0 Å². The molecule has 0 atom stereocenters. The average Bonchev–Trinajstić information content (AvgIpc) is 2.48. The van der Waals surface area contributed by atoms with E-state index in [9.17, 15) is 4.79 Å². The van der Waals surface area contributed by atoms with Crippen LogP contribution < -0.4 is 0 Å². The lowest BCUT2D eigenvalue weighted by Crippen LogP contribution is -2.11. The van der Waals surface area contributed by atoms with Gasteiger partial charge in [-0.3, -0.25) is 0 Å². The van der Waals surface area contributed by atoms with Crippen molar-refractivity contribution >= 4 is 21.9 Å². The van der Waals surface area contributed by atoms with E-state index in [-0.39, 0.29) is 5.97 Å². The largest absolute Gasteiger partial charge is 0.462 e. The number of rotatable bonds is 5. The molecule has 5 heteroatoms. The molecule has 0 aliphatic rings. The van der Waals surface area contributed by atoms with Gasteiger partial charge in [0.2, 0.25) is 0 Å². The first-order valence-corrected chi connectivity index (χ1v) is 7.74. The van der Waals surface area contributed by atoms with Gasteiger partial charge in [-0.05, 0) is 25.5 Å². The summed E-state index contributed by atoms with van der Waals surface area (Å²) >= 11 is 3.40. The Morgan fingerprint density at radius 2 is 1.95 bits per heavy atom. The summed E-state index contributed by atoms with van der Waals surface area (Å²) in [5.41, 5.74) is 2.12. The van der Waals surface area contributed by atoms with Gasteiger partial charge in [-0.2, -0.15) is 0 Å². The van der Waals surface area contributed by atoms with Crippen molar-refractivity contribution in [2.24, 2.45) is 0 Å². The first-order valence-electron chi connectivity index (χ1n) is 6.94. The lowest BCUT2D eigenvalue weighted by molar-refractivity contribution is 0.0524. The highest BCUT2D eigenvalue weighted by Crippen LogP contribution is 2.20. The van der Waals surface area contributed by atoms with Crippen molar-refractivity contribution in [2.45, 2.75) is 26.7 Å². The van der Waals surface area contributed by atoms with Crippen LogP contribution in [0.3, 0.4) is 0 Å². The zero-order chi connectivity index (χ0) is 15.2. The molecule has 0 saturated carbocycles. The standard InChI is InChI=1S/C16H17BrN2O2/c1-3-5-14-13(16(20)21-4-2)10-18-15(19-14)11-6-8-12(17)9-7-11/h6-10H,3-5H2,1-2H3. The average molecular weight is 349 g/mol. The highest BCUT2D eigenvalue weighted by molar-refractivity contribution is 9.10. The Hall–Kier alpha value is -1.75. The predicted octanol–water partition coefficient (Wildman–Crippen LogP) is 4.04. The highest BCUT2D eigenvalue weighted by Gasteiger charge is 2.15. The van der Waals surface area contributed by atoms with E-state index in [1.54, 1.807) is 13.1 Å². The molecule has 0 unspecified atom stereocenters. The fourth-order valence-corrected chi connectivity index (χ4v) is 2.23. The summed E-state index contributed by atoms with van der Waals surface area (Å²) in [6, 6.07) is 7.77. The fourth-order valence-electron chi connectivity index (χ4n) is 1.96. The van der Waals surface area contributed by atoms with Crippen LogP contribution in [0, 0.1) is 0 Å². The van der Waals surface area contributed by atoms with E-state index in [0.29, 0.717) is 18.0 Å². The molecular formula is C16H17BrN2O2. The van der Waals surface area contributed by atoms with Crippen LogP contribution in [0.15, 0.2) is 34.9 Å². The molecule has 0 aliphatic heterocycles. The summed E-state index contributed by atoms with van der Waals surface area (Å²) in [6.45, 7) is 4.18. The second-order valence-electron chi connectivity index (χ2n) is 4.53. The van der Waals surface area contributed by atoms with E-state index in [0.717, 1.165) is 28.6 Å². The van der Waals surface area contributed by atoms with Gasteiger partial charge in [0.25, 0.3) is 0 Å². The summed E-state index contributed by atoms with van der Waals surface area (Å²) in [7, 11) is 0. The lowest BCUT2D eigenvalue weighted by atomic mass is 10.1. The molecule has 2 aromatic rings. The molecule has 0 N–H and O–H groups in total. The second kappa shape index (κ2) is 7.31. The fraction of sp³-hybridized carbons (Fsp3) is 0.312. The highest BCUT2D eigenvalue weighted by atomic mass is 79.9. The van der Waals surface area contributed by atoms with Crippen LogP contribution >= 0.6 is 15.9 Å². The minimum atomic E-state index is -0.358. The molecule has 0 saturated heterocycles. The third kappa shape index (κ3) is 3.88. The zero-order valence-electron chi connectivity index (χ0n) is 12.1. The first kappa shape index (κ1) is 15.6. The molecule has 1 aromatic heterocycles. The first-order chi connectivity index (χ1) is 10.2. The number of carbonyl (C=O) groups is 1. The third-order valence-electron chi connectivity index (χ3n) is 2.95. The normalized spacial score (nSPS) is 10.4. The topological polar surface area (TPSA) is 52.1 Å². The molecule has 1 heterocycles. The van der Waals surface area contributed by atoms with Crippen molar-refractivity contribution in [1.82, 2.24) is 9.97 Å². The quantitative estimate of drug-likeness (QED) is 0.765. The van der Waals surface area contributed by atoms with Crippen molar-refractivity contribution in [2.75, 3.05) is 6.61 Å². The molecule has 2 rings (SSSR count). The second-order valence-corrected chi connectivity index (χ2v) is 5.45. The van der Waals surface area contributed by atoms with Crippen LogP contribution in [-0.4, -0.2) is 22.5 Å². The van der Waals surface area contributed by atoms with Crippen LogP contribution in [0.2, 0.25) is 0 Å². The Bertz CT molecular complexity index is 627. The van der Waals surface area contributed by atoms with E-state index < -0.39 is 0 Å². The number of halogens is 1. The molecule has 0 aliphatic carbocycles. The smallest absolute Gasteiger partial charge is 0.341 e. The third-order valence-corrected chi connectivity index (χ3v) is 3.48. The van der Waals surface area contributed by atoms with Crippen molar-refractivity contribution in [3.8, 4) is 11.4 Å². The minimum Gasteiger partial charge on any atom is -0.462 e. The molecule has 4 nitrogen and oxygen atoms in total. The van der Waals surface area contributed by atoms with Gasteiger partial charge in [0.1, 0.15) is 0 Å². The van der Waals surface area contributed by atoms with Crippen LogP contribution in [-0.2, 0) is 11.2 Å². The van der Waals surface area contributed by atoms with E-state index in [4.69, 9.17) is 4.74 Å². The molecular weight excluding hydrogens is 332 g/mol. The van der Waals surface area contributed by atoms with Crippen molar-refractivity contribution < 1.29 is 9.53 Å². The number of aromatic nitrogens is 2. The Morgan fingerprint density at radius 3 is 2.57 bits per heavy atom. The summed E-state index contributed by atoms with van der Waals surface area (Å²) in [5.74, 6) is 0.266. The van der Waals surface area contributed by atoms with E-state index in [2.05, 4.69) is 32.8 Å². The Morgan fingerprint density at radius 1 is 1.24 bits per heavy atom. The summed E-state index contributed by atoms with van der Waals surface area (Å²) in [6.07, 6.45) is 3.19. The SMILES string of the molecule is CCCc1nc(-c2ccc(Br)cc2)ncc1C(=O)OCC. The van der Waals surface area contributed by atoms with Crippen molar-refractivity contribution in [3.63, 3.8) is 0 Å². The number of benzene rings is 1. The van der Waals surface area contributed by atoms with E-state index in [1.165, 1.54) is 0 Å². The van der Waals surface area contributed by atoms with Crippen molar-refractivity contribution in [3.05, 3.63) is 46.2 Å². The number of nitrogens with zero attached hydrogens (tertiary/aromatic N) is 2. The molecule has 0 amide bonds. The molecule has 0 spiro atoms. The molecule has 1 aromatic carbocycles. The van der Waals surface area contributed by atoms with Gasteiger partial charge in [-0.25, -0.2) is 14.8 Å². The molecule has 21 heavy (non-hydrogen) atoms. The van der Waals surface area contributed by atoms with Gasteiger partial charge in [0, 0.05) is 16.2 Å². The molecule has 0 bridgehead atoms. The summed E-state index contributed by atoms with van der Waals surface area (Å²) in [5, 5.41) is 0. The van der Waals surface area contributed by atoms with Gasteiger partial charge in [-0.1, -0.05) is 41.4 Å². The summed E-state index contributed by atoms with van der Waals surface area (Å²) < 4.78 is 6.05. The maximum atomic E-state index is 11.9. The van der Waals surface area contributed by atoms with E-state index in [1.807, 2.05) is 24.3 Å². The molecule has 0 radical (unpaired) electrons. The van der Waals surface area contributed by atoms with Gasteiger partial charge < -0.3 is 4.74 Å². The zero-order valence-corrected chi connectivity index (χ0v) is 13.7. The Kier molecular flexibility index (Phi) is 5.44. The summed E-state index contributed by atoms with van der Waals surface area (Å²) in [4.78, 5) is 20.8.